The zero-order valence-electron chi connectivity index (χ0n) is 27.2. The van der Waals surface area contributed by atoms with Gasteiger partial charge in [0.05, 0.1) is 36.6 Å². The summed E-state index contributed by atoms with van der Waals surface area (Å²) in [5.74, 6) is -0.683. The van der Waals surface area contributed by atoms with Crippen molar-refractivity contribution in [3.05, 3.63) is 0 Å². The van der Waals surface area contributed by atoms with Crippen molar-refractivity contribution in [3.63, 3.8) is 0 Å². The van der Waals surface area contributed by atoms with E-state index in [4.69, 9.17) is 13.7 Å². The topological polar surface area (TPSA) is 203 Å². The number of aliphatic hydroxyl groups excluding tert-OH is 5. The molecule has 5 aliphatic rings. The highest BCUT2D eigenvalue weighted by Crippen LogP contribution is 2.70. The zero-order chi connectivity index (χ0) is 33.3. The first-order valence-corrected chi connectivity index (χ1v) is 18.2. The third kappa shape index (κ3) is 6.50. The van der Waals surface area contributed by atoms with Gasteiger partial charge in [0.1, 0.15) is 18.3 Å². The molecular weight excluding hydrogens is 608 g/mol. The summed E-state index contributed by atoms with van der Waals surface area (Å²) in [4.78, 5) is 0. The van der Waals surface area contributed by atoms with Gasteiger partial charge in [0.15, 0.2) is 6.29 Å². The summed E-state index contributed by atoms with van der Waals surface area (Å²) in [5.41, 5.74) is -2.06. The second-order valence-electron chi connectivity index (χ2n) is 16.0. The Balaban J connectivity index is 1.29. The van der Waals surface area contributed by atoms with Gasteiger partial charge in [-0.05, 0) is 91.8 Å². The third-order valence-electron chi connectivity index (χ3n) is 13.1. The van der Waals surface area contributed by atoms with Crippen LogP contribution in [-0.4, -0.2) is 105 Å². The molecule has 45 heavy (non-hydrogen) atoms. The lowest BCUT2D eigenvalue weighted by molar-refractivity contribution is -0.300. The molecule has 1 heterocycles. The fraction of sp³-hybridized carbons (Fsp3) is 1.00. The third-order valence-corrected chi connectivity index (χ3v) is 13.6. The molecule has 1 aliphatic heterocycles. The van der Waals surface area contributed by atoms with Gasteiger partial charge in [-0.25, -0.2) is 4.18 Å². The van der Waals surface area contributed by atoms with Crippen LogP contribution in [0.25, 0.3) is 0 Å². The fourth-order valence-corrected chi connectivity index (χ4v) is 11.5. The molecule has 0 aromatic carbocycles. The Bertz CT molecular complexity index is 1150. The molecule has 4 saturated carbocycles. The first-order chi connectivity index (χ1) is 20.8. The van der Waals surface area contributed by atoms with Crippen LogP contribution in [0, 0.1) is 46.3 Å². The predicted molar refractivity (Wildman–Crippen MR) is 162 cm³/mol. The average molecular weight is 665 g/mol. The van der Waals surface area contributed by atoms with Crippen molar-refractivity contribution in [3.8, 4) is 0 Å². The zero-order valence-corrected chi connectivity index (χ0v) is 28.1. The van der Waals surface area contributed by atoms with Gasteiger partial charge in [-0.3, -0.25) is 4.55 Å². The molecule has 1 saturated heterocycles. The minimum absolute atomic E-state index is 0.0728. The average Bonchev–Trinajstić information content (AvgIpc) is 3.22. The van der Waals surface area contributed by atoms with Crippen molar-refractivity contribution in [1.29, 1.82) is 0 Å². The molecule has 5 fully saturated rings. The Morgan fingerprint density at radius 1 is 0.889 bits per heavy atom. The molecular formula is C32H56O12S. The molecule has 16 atom stereocenters. The van der Waals surface area contributed by atoms with Gasteiger partial charge >= 0.3 is 10.4 Å². The summed E-state index contributed by atoms with van der Waals surface area (Å²) >= 11 is 0. The normalized spacial score (nSPS) is 50.0. The van der Waals surface area contributed by atoms with Gasteiger partial charge in [0.25, 0.3) is 0 Å². The quantitative estimate of drug-likeness (QED) is 0.139. The lowest BCUT2D eigenvalue weighted by atomic mass is 9.42. The van der Waals surface area contributed by atoms with Crippen LogP contribution in [0.3, 0.4) is 0 Å². The van der Waals surface area contributed by atoms with Crippen molar-refractivity contribution in [2.45, 2.75) is 147 Å². The molecule has 7 N–H and O–H groups in total. The number of rotatable bonds is 9. The molecule has 5 unspecified atom stereocenters. The second kappa shape index (κ2) is 12.8. The van der Waals surface area contributed by atoms with E-state index in [1.165, 1.54) is 0 Å². The van der Waals surface area contributed by atoms with E-state index in [1.807, 2.05) is 13.8 Å². The summed E-state index contributed by atoms with van der Waals surface area (Å²) < 4.78 is 48.6. The first kappa shape index (κ1) is 35.8. The molecule has 0 radical (unpaired) electrons. The number of hydrogen-bond acceptors (Lipinski definition) is 11. The molecule has 0 amide bonds. The maximum Gasteiger partial charge on any atom is 0.397 e. The molecule has 5 rings (SSSR count). The standard InChI is InChI=1S/C32H56O12S/c1-16(2)24(44-45(39,40)41)7-6-17(3)19-13-21(33)28-31(19,5)11-9-25-30(4)10-8-18(12-20(30)22(34)14-32(25,28)38)43-29-27(37)26(36)23(35)15-42-29/h16-29,33-38H,6-15H2,1-5H3,(H,39,40,41)/t17-,18?,19-,20?,21?,22?,23-,24?,25-,26+,27-,28-,29+,30+,31-,32+/m1/s1. The minimum Gasteiger partial charge on any atom is -0.393 e. The van der Waals surface area contributed by atoms with Crippen LogP contribution in [-0.2, 0) is 24.1 Å². The van der Waals surface area contributed by atoms with Crippen LogP contribution in [0.2, 0.25) is 0 Å². The monoisotopic (exact) mass is 664 g/mol. The Hall–Kier alpha value is -0.450. The number of aliphatic hydroxyl groups is 6. The van der Waals surface area contributed by atoms with Crippen molar-refractivity contribution in [2.75, 3.05) is 6.61 Å². The molecule has 262 valence electrons. The summed E-state index contributed by atoms with van der Waals surface area (Å²) in [6.45, 7) is 9.95. The van der Waals surface area contributed by atoms with Crippen molar-refractivity contribution in [1.82, 2.24) is 0 Å². The number of ether oxygens (including phenoxy) is 2. The van der Waals surface area contributed by atoms with Crippen molar-refractivity contribution in [2.24, 2.45) is 46.3 Å². The highest BCUT2D eigenvalue weighted by Gasteiger charge is 2.70. The Kier molecular flexibility index (Phi) is 10.2. The van der Waals surface area contributed by atoms with E-state index in [0.717, 1.165) is 12.8 Å². The molecule has 0 bridgehead atoms. The SMILES string of the molecule is CC(C)C(CC[C@@H](C)[C@H]1CC(O)[C@@H]2[C@]1(C)CC[C@H]1[C@@]2(O)CC(O)C2CC(O[C@@H]3OC[C@@H](O)[C@H](O)[C@H]3O)CC[C@@]21C)OS(=O)(=O)O. The Labute approximate surface area is 267 Å². The summed E-state index contributed by atoms with van der Waals surface area (Å²) in [5, 5.41) is 66.1. The largest absolute Gasteiger partial charge is 0.397 e. The van der Waals surface area contributed by atoms with E-state index in [9.17, 15) is 43.6 Å². The molecule has 13 heteroatoms. The van der Waals surface area contributed by atoms with Crippen molar-refractivity contribution < 1.29 is 57.3 Å². The molecule has 0 aromatic heterocycles. The van der Waals surface area contributed by atoms with Crippen LogP contribution in [0.4, 0.5) is 0 Å². The minimum atomic E-state index is -4.58. The van der Waals surface area contributed by atoms with Crippen LogP contribution in [0.5, 0.6) is 0 Å². The Morgan fingerprint density at radius 2 is 1.56 bits per heavy atom. The van der Waals surface area contributed by atoms with Crippen LogP contribution >= 0.6 is 0 Å². The van der Waals surface area contributed by atoms with Crippen LogP contribution in [0.15, 0.2) is 0 Å². The maximum atomic E-state index is 12.6. The second-order valence-corrected chi connectivity index (χ2v) is 17.1. The van der Waals surface area contributed by atoms with E-state index < -0.39 is 70.2 Å². The van der Waals surface area contributed by atoms with E-state index in [-0.39, 0.29) is 54.1 Å². The van der Waals surface area contributed by atoms with E-state index in [2.05, 4.69) is 20.8 Å². The molecule has 0 aromatic rings. The number of fused-ring (bicyclic) bond motifs is 5. The van der Waals surface area contributed by atoms with Gasteiger partial charge in [-0.1, -0.05) is 34.6 Å². The Morgan fingerprint density at radius 3 is 2.20 bits per heavy atom. The van der Waals surface area contributed by atoms with E-state index in [0.29, 0.717) is 38.5 Å². The van der Waals surface area contributed by atoms with Crippen LogP contribution in [0.1, 0.15) is 92.4 Å². The maximum absolute atomic E-state index is 12.6. The van der Waals surface area contributed by atoms with Crippen molar-refractivity contribution >= 4 is 10.4 Å². The lowest BCUT2D eigenvalue weighted by Crippen LogP contribution is -2.68. The van der Waals surface area contributed by atoms with Gasteiger partial charge in [0.2, 0.25) is 0 Å². The smallest absolute Gasteiger partial charge is 0.393 e. The van der Waals surface area contributed by atoms with Gasteiger partial charge < -0.3 is 40.1 Å². The van der Waals surface area contributed by atoms with Gasteiger partial charge in [0, 0.05) is 12.3 Å². The summed E-state index contributed by atoms with van der Waals surface area (Å²) in [6, 6.07) is 0. The summed E-state index contributed by atoms with van der Waals surface area (Å²) in [6.07, 6.45) is -2.50. The summed E-state index contributed by atoms with van der Waals surface area (Å²) in [7, 11) is -4.58. The molecule has 12 nitrogen and oxygen atoms in total. The fourth-order valence-electron chi connectivity index (χ4n) is 10.9. The highest BCUT2D eigenvalue weighted by atomic mass is 32.3. The van der Waals surface area contributed by atoms with Gasteiger partial charge in [-0.2, -0.15) is 8.42 Å². The first-order valence-electron chi connectivity index (χ1n) is 16.9. The lowest BCUT2D eigenvalue weighted by Gasteiger charge is -2.66. The highest BCUT2D eigenvalue weighted by molar-refractivity contribution is 7.80. The van der Waals surface area contributed by atoms with E-state index >= 15 is 0 Å². The van der Waals surface area contributed by atoms with Crippen LogP contribution < -0.4 is 0 Å². The predicted octanol–water partition coefficient (Wildman–Crippen LogP) is 1.79. The molecule has 4 aliphatic carbocycles. The number of hydrogen-bond donors (Lipinski definition) is 7. The molecule has 0 spiro atoms. The van der Waals surface area contributed by atoms with E-state index in [1.54, 1.807) is 0 Å². The van der Waals surface area contributed by atoms with Gasteiger partial charge in [-0.15, -0.1) is 0 Å².